The van der Waals surface area contributed by atoms with Crippen LogP contribution in [-0.4, -0.2) is 55.7 Å². The molecule has 2 aromatic rings. The maximum absolute atomic E-state index is 5.23. The predicted molar refractivity (Wildman–Crippen MR) is 94.3 cm³/mol. The third-order valence-corrected chi connectivity index (χ3v) is 3.35. The zero-order chi connectivity index (χ0) is 16.5. The Morgan fingerprint density at radius 1 is 1.13 bits per heavy atom. The second kappa shape index (κ2) is 8.95. The van der Waals surface area contributed by atoms with Crippen molar-refractivity contribution < 1.29 is 4.74 Å². The fourth-order valence-corrected chi connectivity index (χ4v) is 2.10. The molecule has 0 radical (unpaired) electrons. The lowest BCUT2D eigenvalue weighted by atomic mass is 10.1. The van der Waals surface area contributed by atoms with E-state index in [1.165, 1.54) is 5.56 Å². The van der Waals surface area contributed by atoms with Crippen molar-refractivity contribution in [3.8, 4) is 5.75 Å². The molecule has 6 nitrogen and oxygen atoms in total. The molecule has 0 aliphatic carbocycles. The van der Waals surface area contributed by atoms with Gasteiger partial charge in [0.1, 0.15) is 11.6 Å². The van der Waals surface area contributed by atoms with Gasteiger partial charge in [0.25, 0.3) is 0 Å². The maximum Gasteiger partial charge on any atom is 0.224 e. The second-order valence-electron chi connectivity index (χ2n) is 5.52. The van der Waals surface area contributed by atoms with Crippen LogP contribution >= 0.6 is 0 Å². The number of aromatic nitrogens is 2. The molecule has 0 saturated heterocycles. The number of ether oxygens (including phenoxy) is 1. The quantitative estimate of drug-likeness (QED) is 0.739. The van der Waals surface area contributed by atoms with Crippen LogP contribution in [0.25, 0.3) is 0 Å². The smallest absolute Gasteiger partial charge is 0.224 e. The van der Waals surface area contributed by atoms with E-state index < -0.39 is 0 Å². The topological polar surface area (TPSA) is 62.3 Å². The Kier molecular flexibility index (Phi) is 6.62. The first-order chi connectivity index (χ1) is 11.2. The van der Waals surface area contributed by atoms with E-state index in [1.807, 2.05) is 38.4 Å². The minimum absolute atomic E-state index is 0.641. The molecule has 1 aromatic heterocycles. The molecule has 2 N–H and O–H groups in total. The van der Waals surface area contributed by atoms with Gasteiger partial charge >= 0.3 is 0 Å². The molecule has 0 fully saturated rings. The summed E-state index contributed by atoms with van der Waals surface area (Å²) in [4.78, 5) is 10.8. The van der Waals surface area contributed by atoms with Crippen LogP contribution in [0.2, 0.25) is 0 Å². The van der Waals surface area contributed by atoms with Crippen LogP contribution in [0.4, 0.5) is 11.8 Å². The Morgan fingerprint density at radius 3 is 2.78 bits per heavy atom. The van der Waals surface area contributed by atoms with E-state index >= 15 is 0 Å². The minimum Gasteiger partial charge on any atom is -0.497 e. The predicted octanol–water partition coefficient (Wildman–Crippen LogP) is 2.11. The van der Waals surface area contributed by atoms with Crippen LogP contribution in [0.5, 0.6) is 5.75 Å². The van der Waals surface area contributed by atoms with Crippen molar-refractivity contribution in [3.63, 3.8) is 0 Å². The van der Waals surface area contributed by atoms with Gasteiger partial charge in [-0.3, -0.25) is 0 Å². The van der Waals surface area contributed by atoms with E-state index in [-0.39, 0.29) is 0 Å². The molecule has 6 heteroatoms. The van der Waals surface area contributed by atoms with E-state index in [1.54, 1.807) is 13.3 Å². The van der Waals surface area contributed by atoms with Crippen molar-refractivity contribution >= 4 is 11.8 Å². The van der Waals surface area contributed by atoms with Gasteiger partial charge in [0.15, 0.2) is 0 Å². The Hall–Kier alpha value is -2.34. The highest BCUT2D eigenvalue weighted by Gasteiger charge is 2.00. The van der Waals surface area contributed by atoms with Crippen LogP contribution in [0.15, 0.2) is 36.5 Å². The second-order valence-corrected chi connectivity index (χ2v) is 5.52. The summed E-state index contributed by atoms with van der Waals surface area (Å²) in [7, 11) is 5.78. The van der Waals surface area contributed by atoms with Gasteiger partial charge < -0.3 is 20.3 Å². The molecule has 23 heavy (non-hydrogen) atoms. The Bertz CT molecular complexity index is 603. The molecule has 124 valence electrons. The van der Waals surface area contributed by atoms with Gasteiger partial charge in [0.05, 0.1) is 7.11 Å². The maximum atomic E-state index is 5.23. The van der Waals surface area contributed by atoms with E-state index in [2.05, 4.69) is 31.6 Å². The standard InChI is InChI=1S/C17H25N5O/c1-22(2)12-11-18-16-8-10-20-17(21-16)19-9-7-14-5-4-6-15(13-14)23-3/h4-6,8,10,13H,7,9,11-12H2,1-3H3,(H2,18,19,20,21). The van der Waals surface area contributed by atoms with Gasteiger partial charge in [-0.1, -0.05) is 12.1 Å². The number of hydrogen-bond acceptors (Lipinski definition) is 6. The third kappa shape index (κ3) is 6.12. The zero-order valence-electron chi connectivity index (χ0n) is 14.0. The first-order valence-electron chi connectivity index (χ1n) is 7.76. The Balaban J connectivity index is 1.81. The fraction of sp³-hybridized carbons (Fsp3) is 0.412. The molecular formula is C17H25N5O. The molecule has 0 aliphatic heterocycles. The number of nitrogens with one attached hydrogen (secondary N) is 2. The van der Waals surface area contributed by atoms with Crippen LogP contribution in [0.3, 0.4) is 0 Å². The number of methoxy groups -OCH3 is 1. The highest BCUT2D eigenvalue weighted by Crippen LogP contribution is 2.13. The van der Waals surface area contributed by atoms with E-state index in [0.717, 1.165) is 37.6 Å². The van der Waals surface area contributed by atoms with Gasteiger partial charge in [-0.05, 0) is 44.3 Å². The summed E-state index contributed by atoms with van der Waals surface area (Å²) < 4.78 is 5.23. The van der Waals surface area contributed by atoms with Crippen LogP contribution in [-0.2, 0) is 6.42 Å². The molecule has 0 aliphatic rings. The lowest BCUT2D eigenvalue weighted by Crippen LogP contribution is -2.21. The summed E-state index contributed by atoms with van der Waals surface area (Å²) >= 11 is 0. The van der Waals surface area contributed by atoms with Crippen molar-refractivity contribution in [1.29, 1.82) is 0 Å². The van der Waals surface area contributed by atoms with Gasteiger partial charge in [0, 0.05) is 25.8 Å². The number of likely N-dealkylation sites (N-methyl/N-ethyl adjacent to an activating group) is 1. The number of rotatable bonds is 9. The third-order valence-electron chi connectivity index (χ3n) is 3.35. The summed E-state index contributed by atoms with van der Waals surface area (Å²) in [5, 5.41) is 6.55. The molecule has 1 heterocycles. The molecule has 0 spiro atoms. The van der Waals surface area contributed by atoms with Gasteiger partial charge in [-0.2, -0.15) is 4.98 Å². The molecule has 2 rings (SSSR count). The minimum atomic E-state index is 0.641. The monoisotopic (exact) mass is 315 g/mol. The van der Waals surface area contributed by atoms with Crippen LogP contribution in [0.1, 0.15) is 5.56 Å². The summed E-state index contributed by atoms with van der Waals surface area (Å²) in [5.41, 5.74) is 1.22. The van der Waals surface area contributed by atoms with Gasteiger partial charge in [-0.25, -0.2) is 4.98 Å². The van der Waals surface area contributed by atoms with E-state index in [9.17, 15) is 0 Å². The molecule has 0 unspecified atom stereocenters. The summed E-state index contributed by atoms with van der Waals surface area (Å²) in [6.07, 6.45) is 2.65. The highest BCUT2D eigenvalue weighted by molar-refractivity contribution is 5.39. The Morgan fingerprint density at radius 2 is 2.00 bits per heavy atom. The number of benzene rings is 1. The summed E-state index contributed by atoms with van der Waals surface area (Å²) in [6.45, 7) is 2.59. The average molecular weight is 315 g/mol. The van der Waals surface area contributed by atoms with E-state index in [0.29, 0.717) is 5.95 Å². The summed E-state index contributed by atoms with van der Waals surface area (Å²) in [6, 6.07) is 9.96. The lowest BCUT2D eigenvalue weighted by molar-refractivity contribution is 0.414. The van der Waals surface area contributed by atoms with Crippen LogP contribution in [0, 0.1) is 0 Å². The molecule has 0 amide bonds. The van der Waals surface area contributed by atoms with Gasteiger partial charge in [-0.15, -0.1) is 0 Å². The normalized spacial score (nSPS) is 10.6. The van der Waals surface area contributed by atoms with Crippen molar-refractivity contribution in [2.45, 2.75) is 6.42 Å². The molecule has 0 bridgehead atoms. The summed E-state index contributed by atoms with van der Waals surface area (Å²) in [5.74, 6) is 2.36. The lowest BCUT2D eigenvalue weighted by Gasteiger charge is -2.11. The largest absolute Gasteiger partial charge is 0.497 e. The number of anilines is 2. The first-order valence-corrected chi connectivity index (χ1v) is 7.76. The first kappa shape index (κ1) is 17.0. The van der Waals surface area contributed by atoms with Crippen molar-refractivity contribution in [3.05, 3.63) is 42.1 Å². The highest BCUT2D eigenvalue weighted by atomic mass is 16.5. The fourth-order valence-electron chi connectivity index (χ4n) is 2.10. The van der Waals surface area contributed by atoms with Crippen molar-refractivity contribution in [1.82, 2.24) is 14.9 Å². The molecule has 0 saturated carbocycles. The van der Waals surface area contributed by atoms with Crippen molar-refractivity contribution in [2.75, 3.05) is 51.5 Å². The van der Waals surface area contributed by atoms with Gasteiger partial charge in [0.2, 0.25) is 5.95 Å². The number of hydrogen-bond donors (Lipinski definition) is 2. The van der Waals surface area contributed by atoms with Crippen molar-refractivity contribution in [2.24, 2.45) is 0 Å². The Labute approximate surface area is 137 Å². The van der Waals surface area contributed by atoms with Crippen LogP contribution < -0.4 is 15.4 Å². The van der Waals surface area contributed by atoms with E-state index in [4.69, 9.17) is 4.74 Å². The number of nitrogens with zero attached hydrogens (tertiary/aromatic N) is 3. The molecule has 1 aromatic carbocycles. The zero-order valence-corrected chi connectivity index (χ0v) is 14.0. The average Bonchev–Trinajstić information content (AvgIpc) is 2.55. The SMILES string of the molecule is COc1cccc(CCNc2nccc(NCCN(C)C)n2)c1. The molecular weight excluding hydrogens is 290 g/mol. The molecule has 0 atom stereocenters.